The van der Waals surface area contributed by atoms with Gasteiger partial charge >= 0.3 is 12.1 Å². The molecule has 6 nitrogen and oxygen atoms in total. The molecule has 0 aromatic rings. The van der Waals surface area contributed by atoms with Gasteiger partial charge in [0.15, 0.2) is 0 Å². The Labute approximate surface area is 115 Å². The van der Waals surface area contributed by atoms with Gasteiger partial charge in [-0.2, -0.15) is 0 Å². The van der Waals surface area contributed by atoms with Gasteiger partial charge in [-0.1, -0.05) is 0 Å². The molecule has 0 fully saturated rings. The van der Waals surface area contributed by atoms with Crippen molar-refractivity contribution in [2.24, 2.45) is 0 Å². The Balaban J connectivity index is 3.95. The molecule has 0 aliphatic carbocycles. The maximum absolute atomic E-state index is 11.4. The molecule has 112 valence electrons. The molecule has 0 bridgehead atoms. The molecule has 0 radical (unpaired) electrons. The summed E-state index contributed by atoms with van der Waals surface area (Å²) in [6.45, 7) is 11.5. The molecule has 1 amide bonds. The minimum absolute atomic E-state index is 0.0630. The SMILES string of the molecule is CCOC(=O)C(C)NC(C)CNC(=O)OC(C)(C)C. The smallest absolute Gasteiger partial charge is 0.407 e. The first-order chi connectivity index (χ1) is 8.65. The second-order valence-corrected chi connectivity index (χ2v) is 5.42. The van der Waals surface area contributed by atoms with Crippen LogP contribution in [0.25, 0.3) is 0 Å². The van der Waals surface area contributed by atoms with Crippen molar-refractivity contribution in [1.29, 1.82) is 0 Å². The molecule has 0 aromatic carbocycles. The molecule has 0 rings (SSSR count). The van der Waals surface area contributed by atoms with E-state index in [1.54, 1.807) is 34.6 Å². The number of amides is 1. The van der Waals surface area contributed by atoms with E-state index in [-0.39, 0.29) is 12.0 Å². The first kappa shape index (κ1) is 17.7. The van der Waals surface area contributed by atoms with Gasteiger partial charge in [-0.25, -0.2) is 4.79 Å². The van der Waals surface area contributed by atoms with Crippen LogP contribution in [0.2, 0.25) is 0 Å². The van der Waals surface area contributed by atoms with E-state index >= 15 is 0 Å². The Hall–Kier alpha value is -1.30. The van der Waals surface area contributed by atoms with Crippen LogP contribution in [0.4, 0.5) is 4.79 Å². The van der Waals surface area contributed by atoms with Crippen molar-refractivity contribution in [1.82, 2.24) is 10.6 Å². The van der Waals surface area contributed by atoms with E-state index in [1.165, 1.54) is 0 Å². The summed E-state index contributed by atoms with van der Waals surface area (Å²) < 4.78 is 9.99. The zero-order valence-electron chi connectivity index (χ0n) is 12.7. The number of ether oxygens (including phenoxy) is 2. The van der Waals surface area contributed by atoms with Crippen molar-refractivity contribution in [3.8, 4) is 0 Å². The Bertz CT molecular complexity index is 300. The van der Waals surface area contributed by atoms with Crippen LogP contribution in [0.5, 0.6) is 0 Å². The summed E-state index contributed by atoms with van der Waals surface area (Å²) in [5.41, 5.74) is -0.515. The first-order valence-corrected chi connectivity index (χ1v) is 6.55. The molecule has 0 aromatic heterocycles. The van der Waals surface area contributed by atoms with Gasteiger partial charge in [-0.15, -0.1) is 0 Å². The van der Waals surface area contributed by atoms with Crippen molar-refractivity contribution in [3.05, 3.63) is 0 Å². The van der Waals surface area contributed by atoms with Gasteiger partial charge in [-0.3, -0.25) is 4.79 Å². The van der Waals surface area contributed by atoms with Gasteiger partial charge in [0.1, 0.15) is 11.6 Å². The van der Waals surface area contributed by atoms with Gasteiger partial charge in [0, 0.05) is 12.6 Å². The fraction of sp³-hybridized carbons (Fsp3) is 0.846. The van der Waals surface area contributed by atoms with Crippen LogP contribution < -0.4 is 10.6 Å². The number of rotatable bonds is 6. The molecule has 2 N–H and O–H groups in total. The molecule has 0 saturated carbocycles. The molecule has 0 saturated heterocycles. The maximum atomic E-state index is 11.4. The lowest BCUT2D eigenvalue weighted by Gasteiger charge is -2.22. The number of alkyl carbamates (subject to hydrolysis) is 1. The quantitative estimate of drug-likeness (QED) is 0.717. The van der Waals surface area contributed by atoms with Crippen LogP contribution in [0.15, 0.2) is 0 Å². The largest absolute Gasteiger partial charge is 0.465 e. The average Bonchev–Trinajstić information content (AvgIpc) is 2.24. The van der Waals surface area contributed by atoms with E-state index in [0.717, 1.165) is 0 Å². The third-order valence-electron chi connectivity index (χ3n) is 2.13. The van der Waals surface area contributed by atoms with Gasteiger partial charge < -0.3 is 20.1 Å². The number of hydrogen-bond donors (Lipinski definition) is 2. The highest BCUT2D eigenvalue weighted by atomic mass is 16.6. The zero-order chi connectivity index (χ0) is 15.1. The predicted octanol–water partition coefficient (Wildman–Crippen LogP) is 1.44. The Morgan fingerprint density at radius 1 is 1.21 bits per heavy atom. The third kappa shape index (κ3) is 9.30. The topological polar surface area (TPSA) is 76.7 Å². The summed E-state index contributed by atoms with van der Waals surface area (Å²) in [6.07, 6.45) is -0.468. The van der Waals surface area contributed by atoms with Crippen LogP contribution in [0.1, 0.15) is 41.5 Å². The fourth-order valence-corrected chi connectivity index (χ4v) is 1.37. The highest BCUT2D eigenvalue weighted by molar-refractivity contribution is 5.75. The lowest BCUT2D eigenvalue weighted by atomic mass is 10.2. The molecule has 0 spiro atoms. The Morgan fingerprint density at radius 2 is 1.79 bits per heavy atom. The van der Waals surface area contributed by atoms with E-state index in [2.05, 4.69) is 10.6 Å². The number of carbonyl (C=O) groups is 2. The van der Waals surface area contributed by atoms with Crippen LogP contribution >= 0.6 is 0 Å². The van der Waals surface area contributed by atoms with E-state index in [4.69, 9.17) is 9.47 Å². The van der Waals surface area contributed by atoms with Crippen molar-refractivity contribution in [2.45, 2.75) is 59.2 Å². The number of hydrogen-bond acceptors (Lipinski definition) is 5. The van der Waals surface area contributed by atoms with Crippen LogP contribution in [-0.4, -0.2) is 42.9 Å². The number of nitrogens with one attached hydrogen (secondary N) is 2. The molecular weight excluding hydrogens is 248 g/mol. The molecule has 0 aliphatic rings. The standard InChI is InChI=1S/C13H26N2O4/c1-7-18-11(16)10(3)15-9(2)8-14-12(17)19-13(4,5)6/h9-10,15H,7-8H2,1-6H3,(H,14,17). The van der Waals surface area contributed by atoms with Crippen molar-refractivity contribution < 1.29 is 19.1 Å². The Kier molecular flexibility index (Phi) is 7.44. The van der Waals surface area contributed by atoms with Crippen molar-refractivity contribution >= 4 is 12.1 Å². The van der Waals surface area contributed by atoms with E-state index in [1.807, 2.05) is 6.92 Å². The second kappa shape index (κ2) is 7.99. The van der Waals surface area contributed by atoms with Crippen LogP contribution in [0.3, 0.4) is 0 Å². The lowest BCUT2D eigenvalue weighted by molar-refractivity contribution is -0.145. The molecular formula is C13H26N2O4. The molecule has 0 heterocycles. The van der Waals surface area contributed by atoms with E-state index in [9.17, 15) is 9.59 Å². The van der Waals surface area contributed by atoms with Crippen molar-refractivity contribution in [3.63, 3.8) is 0 Å². The molecule has 2 unspecified atom stereocenters. The zero-order valence-corrected chi connectivity index (χ0v) is 12.7. The van der Waals surface area contributed by atoms with Gasteiger partial charge in [-0.05, 0) is 41.5 Å². The predicted molar refractivity (Wildman–Crippen MR) is 72.9 cm³/mol. The minimum atomic E-state index is -0.515. The molecule has 19 heavy (non-hydrogen) atoms. The summed E-state index contributed by atoms with van der Waals surface area (Å²) >= 11 is 0. The monoisotopic (exact) mass is 274 g/mol. The maximum Gasteiger partial charge on any atom is 0.407 e. The first-order valence-electron chi connectivity index (χ1n) is 6.55. The highest BCUT2D eigenvalue weighted by Gasteiger charge is 2.18. The molecule has 0 aliphatic heterocycles. The summed E-state index contributed by atoms with van der Waals surface area (Å²) in [5, 5.41) is 5.68. The number of carbonyl (C=O) groups excluding carboxylic acids is 2. The average molecular weight is 274 g/mol. The normalized spacial score (nSPS) is 14.4. The molecule has 6 heteroatoms. The van der Waals surface area contributed by atoms with Crippen molar-refractivity contribution in [2.75, 3.05) is 13.2 Å². The van der Waals surface area contributed by atoms with Gasteiger partial charge in [0.05, 0.1) is 6.61 Å². The summed E-state index contributed by atoms with van der Waals surface area (Å²) in [5.74, 6) is -0.299. The van der Waals surface area contributed by atoms with Gasteiger partial charge in [0.2, 0.25) is 0 Å². The summed E-state index contributed by atoms with van der Waals surface area (Å²) in [6, 6.07) is -0.470. The van der Waals surface area contributed by atoms with Crippen LogP contribution in [0, 0.1) is 0 Å². The second-order valence-electron chi connectivity index (χ2n) is 5.42. The van der Waals surface area contributed by atoms with Gasteiger partial charge in [0.25, 0.3) is 0 Å². The third-order valence-corrected chi connectivity index (χ3v) is 2.13. The highest BCUT2D eigenvalue weighted by Crippen LogP contribution is 2.06. The fourth-order valence-electron chi connectivity index (χ4n) is 1.37. The van der Waals surface area contributed by atoms with Crippen LogP contribution in [-0.2, 0) is 14.3 Å². The van der Waals surface area contributed by atoms with E-state index in [0.29, 0.717) is 13.2 Å². The lowest BCUT2D eigenvalue weighted by Crippen LogP contribution is -2.47. The number of esters is 1. The summed E-state index contributed by atoms with van der Waals surface area (Å²) in [4.78, 5) is 22.8. The minimum Gasteiger partial charge on any atom is -0.465 e. The Morgan fingerprint density at radius 3 is 2.26 bits per heavy atom. The van der Waals surface area contributed by atoms with E-state index < -0.39 is 17.7 Å². The molecule has 2 atom stereocenters. The summed E-state index contributed by atoms with van der Waals surface area (Å²) in [7, 11) is 0.